The third kappa shape index (κ3) is 8.88. The van der Waals surface area contributed by atoms with Crippen molar-refractivity contribution in [1.82, 2.24) is 15.1 Å². The molecule has 0 saturated carbocycles. The van der Waals surface area contributed by atoms with Crippen LogP contribution in [0.15, 0.2) is 24.4 Å². The van der Waals surface area contributed by atoms with Gasteiger partial charge in [0, 0.05) is 25.5 Å². The summed E-state index contributed by atoms with van der Waals surface area (Å²) in [6, 6.07) is 2.24. The number of hydrogen-bond acceptors (Lipinski definition) is 6. The predicted octanol–water partition coefficient (Wildman–Crippen LogP) is 3.46. The van der Waals surface area contributed by atoms with Crippen molar-refractivity contribution in [3.8, 4) is 6.07 Å². The van der Waals surface area contributed by atoms with Crippen LogP contribution in [-0.4, -0.2) is 66.2 Å². The maximum Gasteiger partial charge on any atom is 0.193 e. The Morgan fingerprint density at radius 2 is 2.07 bits per heavy atom. The topological polar surface area (TPSA) is 71.8 Å². The Bertz CT molecular complexity index is 541. The van der Waals surface area contributed by atoms with E-state index in [0.29, 0.717) is 0 Å². The predicted molar refractivity (Wildman–Crippen MR) is 119 cm³/mol. The Morgan fingerprint density at radius 3 is 2.69 bits per heavy atom. The molecule has 0 aromatic heterocycles. The molecule has 1 saturated heterocycles. The monoisotopic (exact) mass is 406 g/mol. The fourth-order valence-electron chi connectivity index (χ4n) is 3.82. The average molecular weight is 407 g/mol. The summed E-state index contributed by atoms with van der Waals surface area (Å²) in [7, 11) is 0. The summed E-state index contributed by atoms with van der Waals surface area (Å²) in [5.41, 5.74) is 0.780. The Kier molecular flexibility index (Phi) is 12.2. The largest absolute Gasteiger partial charge is 0.382 e. The molecule has 2 N–H and O–H groups in total. The van der Waals surface area contributed by atoms with Gasteiger partial charge in [-0.25, -0.2) is 4.90 Å². The van der Waals surface area contributed by atoms with Crippen molar-refractivity contribution >= 4 is 0 Å². The van der Waals surface area contributed by atoms with Gasteiger partial charge in [0.05, 0.1) is 18.0 Å². The summed E-state index contributed by atoms with van der Waals surface area (Å²) in [6.45, 7) is 17.7. The molecule has 1 rings (SSSR count). The van der Waals surface area contributed by atoms with Gasteiger partial charge in [0.1, 0.15) is 0 Å². The van der Waals surface area contributed by atoms with Crippen LogP contribution in [0.1, 0.15) is 59.8 Å². The maximum absolute atomic E-state index is 10.8. The van der Waals surface area contributed by atoms with E-state index in [0.717, 1.165) is 77.2 Å². The number of unbranched alkanes of at least 4 members (excludes halogenated alkanes) is 1. The lowest BCUT2D eigenvalue weighted by Gasteiger charge is -2.32. The van der Waals surface area contributed by atoms with Crippen molar-refractivity contribution in [2.45, 2.75) is 71.7 Å². The molecular formula is C23H42N4O2. The Hall–Kier alpha value is -1.39. The molecule has 29 heavy (non-hydrogen) atoms. The molecule has 1 heterocycles. The van der Waals surface area contributed by atoms with Gasteiger partial charge in [-0.2, -0.15) is 5.26 Å². The van der Waals surface area contributed by atoms with E-state index in [9.17, 15) is 10.4 Å². The van der Waals surface area contributed by atoms with Crippen LogP contribution in [0.2, 0.25) is 0 Å². The van der Waals surface area contributed by atoms with E-state index in [2.05, 4.69) is 36.7 Å². The fourth-order valence-corrected chi connectivity index (χ4v) is 3.82. The van der Waals surface area contributed by atoms with Gasteiger partial charge < -0.3 is 20.1 Å². The van der Waals surface area contributed by atoms with E-state index in [-0.39, 0.29) is 12.0 Å². The highest BCUT2D eigenvalue weighted by atomic mass is 16.5. The van der Waals surface area contributed by atoms with Gasteiger partial charge >= 0.3 is 0 Å². The molecule has 0 aromatic rings. The first-order valence-electron chi connectivity index (χ1n) is 11.2. The lowest BCUT2D eigenvalue weighted by Crippen LogP contribution is -2.50. The van der Waals surface area contributed by atoms with Gasteiger partial charge in [0.15, 0.2) is 5.85 Å². The summed E-state index contributed by atoms with van der Waals surface area (Å²) in [5.74, 6) is -1.21. The molecule has 0 radical (unpaired) electrons. The molecule has 1 aliphatic rings. The molecular weight excluding hydrogens is 364 g/mol. The van der Waals surface area contributed by atoms with Crippen LogP contribution >= 0.6 is 0 Å². The first-order chi connectivity index (χ1) is 13.9. The molecule has 1 unspecified atom stereocenters. The third-order valence-electron chi connectivity index (χ3n) is 5.48. The minimum Gasteiger partial charge on any atom is -0.382 e. The first kappa shape index (κ1) is 25.6. The molecule has 6 nitrogen and oxygen atoms in total. The molecule has 1 aliphatic heterocycles. The normalized spacial score (nSPS) is 23.6. The number of ether oxygens (including phenoxy) is 1. The van der Waals surface area contributed by atoms with Gasteiger partial charge in [-0.1, -0.05) is 39.0 Å². The average Bonchev–Trinajstić information content (AvgIpc) is 2.91. The number of nitrogens with zero attached hydrogens (tertiary/aromatic N) is 3. The van der Waals surface area contributed by atoms with Gasteiger partial charge in [-0.3, -0.25) is 0 Å². The molecule has 1 fully saturated rings. The molecule has 0 aliphatic carbocycles. The van der Waals surface area contributed by atoms with Gasteiger partial charge in [0.2, 0.25) is 0 Å². The molecule has 0 bridgehead atoms. The lowest BCUT2D eigenvalue weighted by molar-refractivity contribution is -0.0898. The number of allylic oxidation sites excluding steroid dienone is 1. The zero-order valence-corrected chi connectivity index (χ0v) is 19.0. The summed E-state index contributed by atoms with van der Waals surface area (Å²) in [6.07, 6.45) is 9.02. The quantitative estimate of drug-likeness (QED) is 0.321. The SMILES string of the molecule is C=C1N[C@](C)(O)N(CCCN(CC)CCCCOCC)C1/C=C\[C@H](C#N)CCC. The Balaban J connectivity index is 2.57. The highest BCUT2D eigenvalue weighted by molar-refractivity contribution is 5.22. The van der Waals surface area contributed by atoms with Crippen LogP contribution in [0.3, 0.4) is 0 Å². The molecule has 0 amide bonds. The second-order valence-electron chi connectivity index (χ2n) is 7.91. The highest BCUT2D eigenvalue weighted by Gasteiger charge is 2.41. The molecule has 3 atom stereocenters. The smallest absolute Gasteiger partial charge is 0.193 e. The number of nitrogens with one attached hydrogen (secondary N) is 1. The van der Waals surface area contributed by atoms with Crippen LogP contribution in [0.25, 0.3) is 0 Å². The fraction of sp³-hybridized carbons (Fsp3) is 0.783. The zero-order chi connectivity index (χ0) is 21.7. The summed E-state index contributed by atoms with van der Waals surface area (Å²) in [4.78, 5) is 4.49. The van der Waals surface area contributed by atoms with Crippen molar-refractivity contribution in [1.29, 1.82) is 5.26 Å². The second-order valence-corrected chi connectivity index (χ2v) is 7.91. The van der Waals surface area contributed by atoms with E-state index in [1.165, 1.54) is 0 Å². The molecule has 0 aromatic carbocycles. The zero-order valence-electron chi connectivity index (χ0n) is 19.0. The number of aliphatic hydroxyl groups is 1. The summed E-state index contributed by atoms with van der Waals surface area (Å²) < 4.78 is 5.41. The molecule has 0 spiro atoms. The minimum absolute atomic E-state index is 0.0903. The van der Waals surface area contributed by atoms with Crippen LogP contribution in [0, 0.1) is 17.2 Å². The van der Waals surface area contributed by atoms with E-state index in [1.807, 2.05) is 24.0 Å². The van der Waals surface area contributed by atoms with E-state index in [1.54, 1.807) is 6.92 Å². The van der Waals surface area contributed by atoms with Crippen molar-refractivity contribution in [2.75, 3.05) is 39.4 Å². The van der Waals surface area contributed by atoms with E-state index >= 15 is 0 Å². The summed E-state index contributed by atoms with van der Waals surface area (Å²) >= 11 is 0. The van der Waals surface area contributed by atoms with Crippen LogP contribution in [0.5, 0.6) is 0 Å². The minimum atomic E-state index is -1.12. The second kappa shape index (κ2) is 13.8. The molecule has 6 heteroatoms. The number of nitriles is 1. The Labute approximate surface area is 178 Å². The van der Waals surface area contributed by atoms with Crippen molar-refractivity contribution in [3.05, 3.63) is 24.4 Å². The molecule has 166 valence electrons. The van der Waals surface area contributed by atoms with Crippen LogP contribution in [0.4, 0.5) is 0 Å². The van der Waals surface area contributed by atoms with Crippen LogP contribution in [-0.2, 0) is 4.74 Å². The standard InChI is InChI=1S/C23H42N4O2/c1-6-12-21(19-24)13-14-22-20(4)25-23(5,28)27(22)17-11-16-26(7-2)15-9-10-18-29-8-3/h13-14,21-22,25,28H,4,6-12,15-18H2,1-3,5H3/b14-13-/t21-,22?,23+/m1/s1. The maximum atomic E-state index is 10.8. The van der Waals surface area contributed by atoms with Crippen molar-refractivity contribution in [3.63, 3.8) is 0 Å². The third-order valence-corrected chi connectivity index (χ3v) is 5.48. The highest BCUT2D eigenvalue weighted by Crippen LogP contribution is 2.27. The number of rotatable bonds is 15. The van der Waals surface area contributed by atoms with E-state index < -0.39 is 5.85 Å². The van der Waals surface area contributed by atoms with Crippen molar-refractivity contribution in [2.24, 2.45) is 5.92 Å². The van der Waals surface area contributed by atoms with Gasteiger partial charge in [0.25, 0.3) is 0 Å². The van der Waals surface area contributed by atoms with E-state index in [4.69, 9.17) is 4.74 Å². The van der Waals surface area contributed by atoms with Crippen molar-refractivity contribution < 1.29 is 9.84 Å². The number of hydrogen-bond donors (Lipinski definition) is 2. The van der Waals surface area contributed by atoms with Gasteiger partial charge in [-0.15, -0.1) is 0 Å². The van der Waals surface area contributed by atoms with Crippen LogP contribution < -0.4 is 5.32 Å². The summed E-state index contributed by atoms with van der Waals surface area (Å²) in [5, 5.41) is 23.2. The Morgan fingerprint density at radius 1 is 1.34 bits per heavy atom. The van der Waals surface area contributed by atoms with Gasteiger partial charge in [-0.05, 0) is 59.2 Å². The lowest BCUT2D eigenvalue weighted by atomic mass is 10.0. The first-order valence-corrected chi connectivity index (χ1v) is 11.2.